The van der Waals surface area contributed by atoms with Gasteiger partial charge in [-0.2, -0.15) is 0 Å². The zero-order valence-corrected chi connectivity index (χ0v) is 13.5. The Labute approximate surface area is 127 Å². The lowest BCUT2D eigenvalue weighted by Gasteiger charge is -2.13. The number of aryl methyl sites for hydroxylation is 3. The Hall–Kier alpha value is -1.61. The molecule has 0 unspecified atom stereocenters. The van der Waals surface area contributed by atoms with Crippen LogP contribution in [0, 0.1) is 20.8 Å². The van der Waals surface area contributed by atoms with E-state index < -0.39 is 0 Å². The second-order valence-electron chi connectivity index (χ2n) is 4.93. The van der Waals surface area contributed by atoms with Gasteiger partial charge in [0, 0.05) is 11.1 Å². The number of ether oxygens (including phenoxy) is 1. The van der Waals surface area contributed by atoms with Crippen LogP contribution in [0.2, 0.25) is 0 Å². The summed E-state index contributed by atoms with van der Waals surface area (Å²) in [5, 5.41) is 0. The molecule has 0 heterocycles. The summed E-state index contributed by atoms with van der Waals surface area (Å²) in [5.74, 6) is 0.854. The molecule has 0 fully saturated rings. The second kappa shape index (κ2) is 6.23. The number of hydrogen-bond acceptors (Lipinski definition) is 2. The van der Waals surface area contributed by atoms with Crippen molar-refractivity contribution in [3.05, 3.63) is 64.2 Å². The molecule has 0 aliphatic heterocycles. The SMILES string of the molecule is Cc1ccc(OCc2c(C)cccc2C(=O)Br)c(C)c1. The van der Waals surface area contributed by atoms with Gasteiger partial charge in [0.1, 0.15) is 12.4 Å². The van der Waals surface area contributed by atoms with E-state index in [4.69, 9.17) is 4.74 Å². The average molecular weight is 333 g/mol. The van der Waals surface area contributed by atoms with Gasteiger partial charge in [0.15, 0.2) is 0 Å². The van der Waals surface area contributed by atoms with E-state index in [9.17, 15) is 4.79 Å². The van der Waals surface area contributed by atoms with Crippen LogP contribution in [0.1, 0.15) is 32.6 Å². The van der Waals surface area contributed by atoms with Crippen molar-refractivity contribution in [3.8, 4) is 5.75 Å². The van der Waals surface area contributed by atoms with Crippen LogP contribution < -0.4 is 4.74 Å². The summed E-state index contributed by atoms with van der Waals surface area (Å²) in [6.45, 7) is 6.46. The van der Waals surface area contributed by atoms with Crippen molar-refractivity contribution in [2.24, 2.45) is 0 Å². The fourth-order valence-corrected chi connectivity index (χ4v) is 2.56. The van der Waals surface area contributed by atoms with Crippen LogP contribution >= 0.6 is 15.9 Å². The van der Waals surface area contributed by atoms with Crippen LogP contribution in [0.25, 0.3) is 0 Å². The number of carbonyl (C=O) groups excluding carboxylic acids is 1. The minimum absolute atomic E-state index is 0.111. The molecular weight excluding hydrogens is 316 g/mol. The molecule has 0 saturated carbocycles. The van der Waals surface area contributed by atoms with Gasteiger partial charge in [-0.25, -0.2) is 0 Å². The highest BCUT2D eigenvalue weighted by molar-refractivity contribution is 9.18. The molecule has 20 heavy (non-hydrogen) atoms. The largest absolute Gasteiger partial charge is 0.489 e. The van der Waals surface area contributed by atoms with Gasteiger partial charge >= 0.3 is 0 Å². The average Bonchev–Trinajstić information content (AvgIpc) is 2.38. The first-order chi connectivity index (χ1) is 9.49. The van der Waals surface area contributed by atoms with E-state index in [2.05, 4.69) is 28.9 Å². The van der Waals surface area contributed by atoms with Crippen LogP contribution in [0.15, 0.2) is 36.4 Å². The fraction of sp³-hybridized carbons (Fsp3) is 0.235. The number of halogens is 1. The zero-order chi connectivity index (χ0) is 14.7. The second-order valence-corrected chi connectivity index (χ2v) is 5.65. The Bertz CT molecular complexity index is 647. The van der Waals surface area contributed by atoms with Gasteiger partial charge in [-0.05, 0) is 53.9 Å². The van der Waals surface area contributed by atoms with Gasteiger partial charge < -0.3 is 4.74 Å². The monoisotopic (exact) mass is 332 g/mol. The summed E-state index contributed by atoms with van der Waals surface area (Å²) in [5.41, 5.74) is 4.96. The van der Waals surface area contributed by atoms with E-state index in [1.807, 2.05) is 44.2 Å². The van der Waals surface area contributed by atoms with Crippen LogP contribution in [0.5, 0.6) is 5.75 Å². The van der Waals surface area contributed by atoms with Crippen molar-refractivity contribution in [2.45, 2.75) is 27.4 Å². The van der Waals surface area contributed by atoms with E-state index in [0.717, 1.165) is 22.4 Å². The third-order valence-corrected chi connectivity index (χ3v) is 3.75. The quantitative estimate of drug-likeness (QED) is 0.757. The van der Waals surface area contributed by atoms with Gasteiger partial charge in [0.2, 0.25) is 4.69 Å². The molecule has 2 rings (SSSR count). The molecule has 0 saturated heterocycles. The molecule has 2 nitrogen and oxygen atoms in total. The molecule has 104 valence electrons. The van der Waals surface area contributed by atoms with Crippen LogP contribution in [0.4, 0.5) is 0 Å². The maximum absolute atomic E-state index is 11.6. The Morgan fingerprint density at radius 2 is 1.85 bits per heavy atom. The predicted octanol–water partition coefficient (Wildman–Crippen LogP) is 4.73. The first-order valence-electron chi connectivity index (χ1n) is 6.47. The number of rotatable bonds is 4. The van der Waals surface area contributed by atoms with E-state index in [1.165, 1.54) is 5.56 Å². The molecule has 0 atom stereocenters. The van der Waals surface area contributed by atoms with E-state index in [0.29, 0.717) is 12.2 Å². The van der Waals surface area contributed by atoms with E-state index >= 15 is 0 Å². The highest BCUT2D eigenvalue weighted by Gasteiger charge is 2.11. The minimum atomic E-state index is -0.111. The standard InChI is InChI=1S/C17H17BrO2/c1-11-7-8-16(13(3)9-11)20-10-15-12(2)5-4-6-14(15)17(18)19/h4-9H,10H2,1-3H3. The molecule has 0 radical (unpaired) electrons. The molecular formula is C17H17BrO2. The van der Waals surface area contributed by atoms with Gasteiger partial charge in [-0.15, -0.1) is 0 Å². The lowest BCUT2D eigenvalue weighted by Crippen LogP contribution is -2.05. The highest BCUT2D eigenvalue weighted by Crippen LogP contribution is 2.23. The summed E-state index contributed by atoms with van der Waals surface area (Å²) in [4.78, 5) is 11.6. The van der Waals surface area contributed by atoms with Crippen LogP contribution in [0.3, 0.4) is 0 Å². The number of hydrogen-bond donors (Lipinski definition) is 0. The molecule has 2 aromatic rings. The Kier molecular flexibility index (Phi) is 4.61. The summed E-state index contributed by atoms with van der Waals surface area (Å²) in [6.07, 6.45) is 0. The molecule has 0 amide bonds. The maximum Gasteiger partial charge on any atom is 0.228 e. The maximum atomic E-state index is 11.6. The normalized spacial score (nSPS) is 10.4. The molecule has 0 aromatic heterocycles. The highest BCUT2D eigenvalue weighted by atomic mass is 79.9. The molecule has 0 aliphatic rings. The first kappa shape index (κ1) is 14.8. The lowest BCUT2D eigenvalue weighted by atomic mass is 10.0. The van der Waals surface area contributed by atoms with Gasteiger partial charge in [-0.3, -0.25) is 4.79 Å². The molecule has 0 N–H and O–H groups in total. The Morgan fingerprint density at radius 1 is 1.10 bits per heavy atom. The van der Waals surface area contributed by atoms with E-state index in [-0.39, 0.29) is 4.69 Å². The molecule has 3 heteroatoms. The summed E-state index contributed by atoms with van der Waals surface area (Å²) >= 11 is 3.02. The van der Waals surface area contributed by atoms with Crippen LogP contribution in [-0.2, 0) is 6.61 Å². The number of carbonyl (C=O) groups is 1. The third-order valence-electron chi connectivity index (χ3n) is 3.32. The van der Waals surface area contributed by atoms with Crippen molar-refractivity contribution in [1.82, 2.24) is 0 Å². The van der Waals surface area contributed by atoms with Crippen molar-refractivity contribution in [2.75, 3.05) is 0 Å². The summed E-state index contributed by atoms with van der Waals surface area (Å²) < 4.78 is 5.77. The summed E-state index contributed by atoms with van der Waals surface area (Å²) in [7, 11) is 0. The van der Waals surface area contributed by atoms with Gasteiger partial charge in [0.25, 0.3) is 0 Å². The number of benzene rings is 2. The molecule has 2 aromatic carbocycles. The van der Waals surface area contributed by atoms with Crippen LogP contribution in [-0.4, -0.2) is 4.69 Å². The molecule has 0 aliphatic carbocycles. The van der Waals surface area contributed by atoms with E-state index in [1.54, 1.807) is 0 Å². The van der Waals surface area contributed by atoms with Gasteiger partial charge in [0.05, 0.1) is 0 Å². The minimum Gasteiger partial charge on any atom is -0.489 e. The predicted molar refractivity (Wildman–Crippen MR) is 84.7 cm³/mol. The van der Waals surface area contributed by atoms with Crippen molar-refractivity contribution in [3.63, 3.8) is 0 Å². The first-order valence-corrected chi connectivity index (χ1v) is 7.26. The smallest absolute Gasteiger partial charge is 0.228 e. The molecule has 0 spiro atoms. The Balaban J connectivity index is 2.25. The molecule has 0 bridgehead atoms. The third kappa shape index (κ3) is 3.28. The van der Waals surface area contributed by atoms with Crippen molar-refractivity contribution in [1.29, 1.82) is 0 Å². The Morgan fingerprint density at radius 3 is 2.50 bits per heavy atom. The fourth-order valence-electron chi connectivity index (χ4n) is 2.19. The van der Waals surface area contributed by atoms with Crippen molar-refractivity contribution < 1.29 is 9.53 Å². The van der Waals surface area contributed by atoms with Crippen molar-refractivity contribution >= 4 is 20.6 Å². The summed E-state index contributed by atoms with van der Waals surface area (Å²) in [6, 6.07) is 11.8. The lowest BCUT2D eigenvalue weighted by molar-refractivity contribution is 0.109. The van der Waals surface area contributed by atoms with Gasteiger partial charge in [-0.1, -0.05) is 35.9 Å². The zero-order valence-electron chi connectivity index (χ0n) is 11.9. The topological polar surface area (TPSA) is 26.3 Å².